The molecule has 1 aromatic carbocycles. The molecule has 1 saturated heterocycles. The Morgan fingerprint density at radius 1 is 1.23 bits per heavy atom. The molecular formula is C20H24ClN5O4. The number of benzene rings is 1. The summed E-state index contributed by atoms with van der Waals surface area (Å²) in [6.07, 6.45) is 2.61. The number of piperidine rings is 1. The van der Waals surface area contributed by atoms with Gasteiger partial charge in [0.15, 0.2) is 5.69 Å². The van der Waals surface area contributed by atoms with Gasteiger partial charge < -0.3 is 14.5 Å². The van der Waals surface area contributed by atoms with Crippen LogP contribution in [0.2, 0.25) is 5.02 Å². The number of nitrogens with zero attached hydrogens (tertiary/aromatic N) is 5. The van der Waals surface area contributed by atoms with Crippen molar-refractivity contribution in [2.45, 2.75) is 19.8 Å². The second-order valence-corrected chi connectivity index (χ2v) is 7.48. The largest absolute Gasteiger partial charge is 0.466 e. The molecule has 3 rings (SSSR count). The number of carbonyl (C=O) groups is 3. The van der Waals surface area contributed by atoms with Gasteiger partial charge in [-0.2, -0.15) is 0 Å². The Labute approximate surface area is 179 Å². The van der Waals surface area contributed by atoms with Crippen LogP contribution in [0.4, 0.5) is 0 Å². The van der Waals surface area contributed by atoms with Crippen molar-refractivity contribution >= 4 is 29.4 Å². The third kappa shape index (κ3) is 4.96. The molecule has 1 aliphatic rings. The molecule has 30 heavy (non-hydrogen) atoms. The number of para-hydroxylation sites is 1. The highest BCUT2D eigenvalue weighted by atomic mass is 35.5. The fraction of sp³-hybridized carbons (Fsp3) is 0.450. The number of likely N-dealkylation sites (N-methyl/N-ethyl adjacent to an activating group) is 1. The lowest BCUT2D eigenvalue weighted by Gasteiger charge is -2.32. The van der Waals surface area contributed by atoms with Crippen LogP contribution in [0.15, 0.2) is 30.5 Å². The maximum Gasteiger partial charge on any atom is 0.309 e. The second kappa shape index (κ2) is 9.71. The summed E-state index contributed by atoms with van der Waals surface area (Å²) in [7, 11) is 1.54. The van der Waals surface area contributed by atoms with Gasteiger partial charge in [-0.15, -0.1) is 5.10 Å². The van der Waals surface area contributed by atoms with Gasteiger partial charge in [-0.3, -0.25) is 14.4 Å². The fourth-order valence-electron chi connectivity index (χ4n) is 3.31. The maximum atomic E-state index is 12.7. The first-order valence-corrected chi connectivity index (χ1v) is 10.2. The minimum Gasteiger partial charge on any atom is -0.466 e. The van der Waals surface area contributed by atoms with Gasteiger partial charge in [-0.1, -0.05) is 28.9 Å². The van der Waals surface area contributed by atoms with Crippen LogP contribution in [0.25, 0.3) is 5.69 Å². The first kappa shape index (κ1) is 21.8. The maximum absolute atomic E-state index is 12.7. The summed E-state index contributed by atoms with van der Waals surface area (Å²) in [5, 5.41) is 8.35. The number of hydrogen-bond donors (Lipinski definition) is 0. The molecule has 0 atom stereocenters. The van der Waals surface area contributed by atoms with Crippen LogP contribution in [-0.4, -0.2) is 75.9 Å². The van der Waals surface area contributed by atoms with Crippen LogP contribution in [0.5, 0.6) is 0 Å². The Bertz CT molecular complexity index is 923. The molecule has 2 heterocycles. The molecular weight excluding hydrogens is 410 g/mol. The lowest BCUT2D eigenvalue weighted by atomic mass is 9.97. The molecule has 0 bridgehead atoms. The Hall–Kier alpha value is -2.94. The predicted octanol–water partition coefficient (Wildman–Crippen LogP) is 1.79. The number of hydrogen-bond acceptors (Lipinski definition) is 6. The van der Waals surface area contributed by atoms with Gasteiger partial charge in [0.05, 0.1) is 36.0 Å². The zero-order chi connectivity index (χ0) is 21.7. The molecule has 1 aromatic heterocycles. The van der Waals surface area contributed by atoms with E-state index in [0.717, 1.165) is 0 Å². The lowest BCUT2D eigenvalue weighted by molar-refractivity contribution is -0.151. The van der Waals surface area contributed by atoms with Crippen molar-refractivity contribution in [1.29, 1.82) is 0 Å². The van der Waals surface area contributed by atoms with E-state index in [0.29, 0.717) is 43.2 Å². The molecule has 2 amide bonds. The molecule has 2 aromatic rings. The van der Waals surface area contributed by atoms with Crippen LogP contribution in [-0.2, 0) is 14.3 Å². The predicted molar refractivity (Wildman–Crippen MR) is 109 cm³/mol. The fourth-order valence-corrected chi connectivity index (χ4v) is 3.53. The monoisotopic (exact) mass is 433 g/mol. The third-order valence-electron chi connectivity index (χ3n) is 5.00. The van der Waals surface area contributed by atoms with E-state index >= 15 is 0 Å². The first-order chi connectivity index (χ1) is 14.4. The number of halogens is 1. The van der Waals surface area contributed by atoms with Crippen LogP contribution in [0.1, 0.15) is 30.3 Å². The van der Waals surface area contributed by atoms with Gasteiger partial charge in [0.2, 0.25) is 5.91 Å². The molecule has 10 heteroatoms. The Kier molecular flexibility index (Phi) is 7.04. The summed E-state index contributed by atoms with van der Waals surface area (Å²) >= 11 is 6.15. The standard InChI is InChI=1S/C20H24ClN5O4/c1-3-30-20(29)14-8-10-25(11-9-14)18(27)13-24(2)19(28)16-12-26(23-22-16)17-7-5-4-6-15(17)21/h4-7,12,14H,3,8-11,13H2,1-2H3. The number of amides is 2. The molecule has 0 spiro atoms. The highest BCUT2D eigenvalue weighted by Crippen LogP contribution is 2.20. The van der Waals surface area contributed by atoms with Crippen LogP contribution >= 0.6 is 11.6 Å². The second-order valence-electron chi connectivity index (χ2n) is 7.07. The van der Waals surface area contributed by atoms with Crippen molar-refractivity contribution in [3.63, 3.8) is 0 Å². The number of carbonyl (C=O) groups excluding carboxylic acids is 3. The van der Waals surface area contributed by atoms with Crippen molar-refractivity contribution in [3.05, 3.63) is 41.2 Å². The quantitative estimate of drug-likeness (QED) is 0.644. The van der Waals surface area contributed by atoms with E-state index in [2.05, 4.69) is 10.3 Å². The topological polar surface area (TPSA) is 97.6 Å². The zero-order valence-corrected chi connectivity index (χ0v) is 17.7. The molecule has 9 nitrogen and oxygen atoms in total. The van der Waals surface area contributed by atoms with Crippen molar-refractivity contribution in [1.82, 2.24) is 24.8 Å². The average molecular weight is 434 g/mol. The number of esters is 1. The lowest BCUT2D eigenvalue weighted by Crippen LogP contribution is -2.45. The van der Waals surface area contributed by atoms with Gasteiger partial charge in [0.25, 0.3) is 5.91 Å². The Balaban J connectivity index is 1.55. The van der Waals surface area contributed by atoms with Gasteiger partial charge in [0.1, 0.15) is 0 Å². The van der Waals surface area contributed by atoms with E-state index in [1.165, 1.54) is 15.8 Å². The molecule has 0 unspecified atom stereocenters. The highest BCUT2D eigenvalue weighted by molar-refractivity contribution is 6.32. The number of ether oxygens (including phenoxy) is 1. The molecule has 0 radical (unpaired) electrons. The van der Waals surface area contributed by atoms with Crippen molar-refractivity contribution in [2.75, 3.05) is 33.3 Å². The van der Waals surface area contributed by atoms with E-state index in [-0.39, 0.29) is 30.0 Å². The van der Waals surface area contributed by atoms with Crippen LogP contribution in [0.3, 0.4) is 0 Å². The molecule has 160 valence electrons. The summed E-state index contributed by atoms with van der Waals surface area (Å²) < 4.78 is 6.47. The van der Waals surface area contributed by atoms with Crippen molar-refractivity contribution < 1.29 is 19.1 Å². The van der Waals surface area contributed by atoms with Gasteiger partial charge in [-0.25, -0.2) is 4.68 Å². The first-order valence-electron chi connectivity index (χ1n) is 9.77. The SMILES string of the molecule is CCOC(=O)C1CCN(C(=O)CN(C)C(=O)c2cn(-c3ccccc3Cl)nn2)CC1. The summed E-state index contributed by atoms with van der Waals surface area (Å²) in [6, 6.07) is 7.08. The van der Waals surface area contributed by atoms with Crippen molar-refractivity contribution in [2.24, 2.45) is 5.92 Å². The van der Waals surface area contributed by atoms with Crippen molar-refractivity contribution in [3.8, 4) is 5.69 Å². The molecule has 1 aliphatic heterocycles. The van der Waals surface area contributed by atoms with Gasteiger partial charge in [-0.05, 0) is 31.9 Å². The van der Waals surface area contributed by atoms with E-state index < -0.39 is 5.91 Å². The van der Waals surface area contributed by atoms with Gasteiger partial charge >= 0.3 is 5.97 Å². The van der Waals surface area contributed by atoms with E-state index in [1.54, 1.807) is 43.1 Å². The van der Waals surface area contributed by atoms with Crippen LogP contribution < -0.4 is 0 Å². The summed E-state index contributed by atoms with van der Waals surface area (Å²) in [5.74, 6) is -0.971. The average Bonchev–Trinajstić information content (AvgIpc) is 3.23. The van der Waals surface area contributed by atoms with Crippen LogP contribution in [0, 0.1) is 5.92 Å². The zero-order valence-electron chi connectivity index (χ0n) is 17.0. The Morgan fingerprint density at radius 3 is 2.60 bits per heavy atom. The molecule has 1 fully saturated rings. The smallest absolute Gasteiger partial charge is 0.309 e. The summed E-state index contributed by atoms with van der Waals surface area (Å²) in [6.45, 7) is 2.98. The van der Waals surface area contributed by atoms with E-state index in [9.17, 15) is 14.4 Å². The number of likely N-dealkylation sites (tertiary alicyclic amines) is 1. The number of rotatable bonds is 6. The normalized spacial score (nSPS) is 14.4. The third-order valence-corrected chi connectivity index (χ3v) is 5.32. The minimum absolute atomic E-state index is 0.0815. The Morgan fingerprint density at radius 2 is 1.93 bits per heavy atom. The summed E-state index contributed by atoms with van der Waals surface area (Å²) in [5.41, 5.74) is 0.722. The van der Waals surface area contributed by atoms with Gasteiger partial charge in [0, 0.05) is 20.1 Å². The summed E-state index contributed by atoms with van der Waals surface area (Å²) in [4.78, 5) is 40.0. The highest BCUT2D eigenvalue weighted by Gasteiger charge is 2.29. The molecule has 0 N–H and O–H groups in total. The minimum atomic E-state index is -0.414. The van der Waals surface area contributed by atoms with E-state index in [1.807, 2.05) is 0 Å². The molecule has 0 saturated carbocycles. The molecule has 0 aliphatic carbocycles. The van der Waals surface area contributed by atoms with E-state index in [4.69, 9.17) is 16.3 Å². The number of aromatic nitrogens is 3.